The molecule has 146 valence electrons. The van der Waals surface area contributed by atoms with E-state index in [4.69, 9.17) is 5.11 Å². The molecule has 0 aliphatic carbocycles. The average Bonchev–Trinajstić information content (AvgIpc) is 3.45. The third kappa shape index (κ3) is 2.93. The maximum absolute atomic E-state index is 13.0. The van der Waals surface area contributed by atoms with Gasteiger partial charge in [-0.1, -0.05) is 0 Å². The van der Waals surface area contributed by atoms with Crippen LogP contribution in [-0.2, 0) is 20.0 Å². The zero-order chi connectivity index (χ0) is 20.1. The Morgan fingerprint density at radius 2 is 2.17 bits per heavy atom. The lowest BCUT2D eigenvalue weighted by Crippen LogP contribution is -2.24. The summed E-state index contributed by atoms with van der Waals surface area (Å²) in [5.74, 6) is -1.09. The largest absolute Gasteiger partial charge is 0.476 e. The number of aryl methyl sites for hydroxylation is 1. The number of aromatic amines is 1. The van der Waals surface area contributed by atoms with Crippen molar-refractivity contribution in [2.24, 2.45) is 7.05 Å². The number of thiazole rings is 2. The molecule has 0 aliphatic rings. The summed E-state index contributed by atoms with van der Waals surface area (Å²) in [7, 11) is 1.81. The fourth-order valence-corrected chi connectivity index (χ4v) is 4.96. The molecule has 0 fully saturated rings. The number of nitrogens with zero attached hydrogens (tertiary/aromatic N) is 6. The van der Waals surface area contributed by atoms with E-state index in [1.807, 2.05) is 6.07 Å². The van der Waals surface area contributed by atoms with E-state index in [2.05, 4.69) is 25.3 Å². The van der Waals surface area contributed by atoms with Crippen molar-refractivity contribution in [2.75, 3.05) is 0 Å². The number of H-pyrrole nitrogens is 1. The van der Waals surface area contributed by atoms with Gasteiger partial charge in [-0.15, -0.1) is 22.7 Å². The van der Waals surface area contributed by atoms with Crippen molar-refractivity contribution in [3.63, 3.8) is 0 Å². The second kappa shape index (κ2) is 6.60. The van der Waals surface area contributed by atoms with E-state index in [-0.39, 0.29) is 17.1 Å². The van der Waals surface area contributed by atoms with E-state index in [0.29, 0.717) is 17.6 Å². The van der Waals surface area contributed by atoms with Crippen molar-refractivity contribution < 1.29 is 9.90 Å². The van der Waals surface area contributed by atoms with Crippen LogP contribution >= 0.6 is 22.7 Å². The van der Waals surface area contributed by atoms with Crippen LogP contribution in [0, 0.1) is 0 Å². The first-order valence-corrected chi connectivity index (χ1v) is 10.2. The molecule has 0 unspecified atom stereocenters. The predicted molar refractivity (Wildman–Crippen MR) is 108 cm³/mol. The average molecular weight is 427 g/mol. The van der Waals surface area contributed by atoms with E-state index in [1.54, 1.807) is 29.4 Å². The molecule has 5 heterocycles. The van der Waals surface area contributed by atoms with Gasteiger partial charge in [0, 0.05) is 30.4 Å². The van der Waals surface area contributed by atoms with Gasteiger partial charge in [-0.05, 0) is 6.07 Å². The van der Waals surface area contributed by atoms with E-state index in [9.17, 15) is 9.59 Å². The predicted octanol–water partition coefficient (Wildman–Crippen LogP) is 1.86. The normalized spacial score (nSPS) is 11.6. The van der Waals surface area contributed by atoms with Gasteiger partial charge in [0.15, 0.2) is 5.65 Å². The van der Waals surface area contributed by atoms with Gasteiger partial charge in [-0.25, -0.2) is 19.4 Å². The third-order valence-corrected chi connectivity index (χ3v) is 6.46. The molecular weight excluding hydrogens is 414 g/mol. The molecule has 5 aromatic rings. The van der Waals surface area contributed by atoms with Crippen LogP contribution in [0.5, 0.6) is 0 Å². The van der Waals surface area contributed by atoms with Gasteiger partial charge in [-0.3, -0.25) is 9.89 Å². The van der Waals surface area contributed by atoms with Crippen LogP contribution in [0.15, 0.2) is 28.6 Å². The van der Waals surface area contributed by atoms with Gasteiger partial charge in [0.05, 0.1) is 28.8 Å². The zero-order valence-electron chi connectivity index (χ0n) is 15.0. The van der Waals surface area contributed by atoms with Crippen molar-refractivity contribution in [1.29, 1.82) is 0 Å². The highest BCUT2D eigenvalue weighted by atomic mass is 32.1. The number of aromatic nitrogens is 7. The summed E-state index contributed by atoms with van der Waals surface area (Å²) in [5.41, 5.74) is 2.35. The Morgan fingerprint density at radius 1 is 1.31 bits per heavy atom. The van der Waals surface area contributed by atoms with Gasteiger partial charge >= 0.3 is 5.97 Å². The number of hydrogen-bond donors (Lipinski definition) is 2. The maximum Gasteiger partial charge on any atom is 0.365 e. The quantitative estimate of drug-likeness (QED) is 0.437. The smallest absolute Gasteiger partial charge is 0.365 e. The second-order valence-corrected chi connectivity index (χ2v) is 8.32. The van der Waals surface area contributed by atoms with Crippen LogP contribution in [0.3, 0.4) is 0 Å². The number of hydrogen-bond acceptors (Lipinski definition) is 8. The van der Waals surface area contributed by atoms with Crippen LogP contribution in [-0.4, -0.2) is 45.6 Å². The summed E-state index contributed by atoms with van der Waals surface area (Å²) < 4.78 is 3.98. The summed E-state index contributed by atoms with van der Waals surface area (Å²) in [5, 5.41) is 23.5. The molecule has 12 heteroatoms. The molecule has 0 atom stereocenters. The van der Waals surface area contributed by atoms with Crippen molar-refractivity contribution in [3.05, 3.63) is 55.6 Å². The lowest BCUT2D eigenvalue weighted by Gasteiger charge is -2.03. The fourth-order valence-electron chi connectivity index (χ4n) is 3.20. The van der Waals surface area contributed by atoms with Crippen molar-refractivity contribution in [1.82, 2.24) is 34.5 Å². The Kier molecular flexibility index (Phi) is 4.03. The molecule has 5 aromatic heterocycles. The Morgan fingerprint density at radius 3 is 2.90 bits per heavy atom. The lowest BCUT2D eigenvalue weighted by molar-refractivity contribution is 0.0696. The topological polar surface area (TPSA) is 132 Å². The molecule has 10 nitrogen and oxygen atoms in total. The fraction of sp³-hybridized carbons (Fsp3) is 0.176. The van der Waals surface area contributed by atoms with E-state index in [0.717, 1.165) is 37.8 Å². The van der Waals surface area contributed by atoms with Crippen LogP contribution in [0.25, 0.3) is 21.3 Å². The minimum absolute atomic E-state index is 0.0119. The molecule has 29 heavy (non-hydrogen) atoms. The third-order valence-electron chi connectivity index (χ3n) is 4.51. The first-order chi connectivity index (χ1) is 14.0. The Labute approximate surface area is 170 Å². The monoisotopic (exact) mass is 427 g/mol. The summed E-state index contributed by atoms with van der Waals surface area (Å²) in [6.45, 7) is 0.106. The second-order valence-electron chi connectivity index (χ2n) is 6.38. The number of nitrogens with one attached hydrogen (secondary N) is 1. The number of fused-ring (bicyclic) bond motifs is 3. The summed E-state index contributed by atoms with van der Waals surface area (Å²) in [4.78, 5) is 32.7. The Bertz CT molecular complexity index is 1420. The molecule has 0 spiro atoms. The van der Waals surface area contributed by atoms with E-state index >= 15 is 0 Å². The van der Waals surface area contributed by atoms with Crippen LogP contribution in [0.1, 0.15) is 26.2 Å². The molecule has 0 saturated heterocycles. The van der Waals surface area contributed by atoms with Gasteiger partial charge < -0.3 is 9.67 Å². The molecule has 0 amide bonds. The van der Waals surface area contributed by atoms with Gasteiger partial charge in [0.25, 0.3) is 5.56 Å². The van der Waals surface area contributed by atoms with Crippen molar-refractivity contribution in [2.45, 2.75) is 13.0 Å². The van der Waals surface area contributed by atoms with Gasteiger partial charge in [0.1, 0.15) is 10.5 Å². The van der Waals surface area contributed by atoms with Crippen LogP contribution < -0.4 is 5.56 Å². The number of rotatable bonds is 5. The molecule has 2 N–H and O–H groups in total. The number of carbonyl (C=O) groups is 1. The van der Waals surface area contributed by atoms with Crippen molar-refractivity contribution in [3.8, 4) is 0 Å². The van der Waals surface area contributed by atoms with Gasteiger partial charge in [0.2, 0.25) is 5.01 Å². The van der Waals surface area contributed by atoms with Crippen molar-refractivity contribution >= 4 is 49.9 Å². The van der Waals surface area contributed by atoms with Gasteiger partial charge in [-0.2, -0.15) is 10.2 Å². The lowest BCUT2D eigenvalue weighted by atomic mass is 10.3. The standard InChI is InChI=1S/C17H13N7O3S2/c1-23-12-10(13-14(23)21-11(29-13)4-8-2-3-18-22-8)5-19-24(16(12)25)6-9-7-28-15(20-9)17(26)27/h2-3,5,7H,4,6H2,1H3,(H,18,22)(H,26,27). The first-order valence-electron chi connectivity index (χ1n) is 8.51. The summed E-state index contributed by atoms with van der Waals surface area (Å²) in [6, 6.07) is 1.90. The van der Waals surface area contributed by atoms with E-state index in [1.165, 1.54) is 16.0 Å². The number of carboxylic acids is 1. The molecule has 0 saturated carbocycles. The Hall–Kier alpha value is -3.38. The Balaban J connectivity index is 1.55. The van der Waals surface area contributed by atoms with Crippen LogP contribution in [0.2, 0.25) is 0 Å². The molecule has 0 aliphatic heterocycles. The summed E-state index contributed by atoms with van der Waals surface area (Å²) >= 11 is 2.54. The highest BCUT2D eigenvalue weighted by Gasteiger charge is 2.19. The van der Waals surface area contributed by atoms with E-state index < -0.39 is 5.97 Å². The number of carboxylic acid groups (broad SMARTS) is 1. The molecule has 0 bridgehead atoms. The zero-order valence-corrected chi connectivity index (χ0v) is 16.6. The minimum Gasteiger partial charge on any atom is -0.476 e. The number of aromatic carboxylic acids is 1. The van der Waals surface area contributed by atoms with Crippen LogP contribution in [0.4, 0.5) is 0 Å². The summed E-state index contributed by atoms with van der Waals surface area (Å²) in [6.07, 6.45) is 4.04. The molecule has 0 aromatic carbocycles. The highest BCUT2D eigenvalue weighted by molar-refractivity contribution is 7.19. The molecule has 5 rings (SSSR count). The highest BCUT2D eigenvalue weighted by Crippen LogP contribution is 2.31. The maximum atomic E-state index is 13.0. The molecular formula is C17H13N7O3S2. The first kappa shape index (κ1) is 17.7. The minimum atomic E-state index is -1.09. The molecule has 0 radical (unpaired) electrons. The SMILES string of the molecule is Cn1c2nc(Cc3cc[nH]n3)sc2c2cnn(Cc3csc(C(=O)O)n3)c(=O)c21.